The van der Waals surface area contributed by atoms with E-state index in [1.165, 1.54) is 0 Å². The van der Waals surface area contributed by atoms with E-state index < -0.39 is 0 Å². The Labute approximate surface area is 33.7 Å². The molecule has 1 radical (unpaired) electrons. The van der Waals surface area contributed by atoms with Crippen LogP contribution in [0.25, 0.3) is 0 Å². The monoisotopic (exact) mass is 98.9 g/mol. The summed E-state index contributed by atoms with van der Waals surface area (Å²) in [6.45, 7) is 0. The second kappa shape index (κ2) is 12.9. The molecule has 4 heavy (non-hydrogen) atoms. The molecule has 3 heteroatoms. The molecular weight excluding hydrogens is 98.9 g/mol. The molecule has 0 aromatic heterocycles. The Morgan fingerprint density at radius 3 is 1.25 bits per heavy atom. The summed E-state index contributed by atoms with van der Waals surface area (Å²) in [5.41, 5.74) is 0. The summed E-state index contributed by atoms with van der Waals surface area (Å²) in [6.07, 6.45) is 0.250. The molecule has 0 heterocycles. The SMILES string of the molecule is O=C=O.[Mn]. The van der Waals surface area contributed by atoms with Gasteiger partial charge in [0.15, 0.2) is 0 Å². The summed E-state index contributed by atoms with van der Waals surface area (Å²) in [4.78, 5) is 16.2. The van der Waals surface area contributed by atoms with E-state index in [9.17, 15) is 0 Å². The summed E-state index contributed by atoms with van der Waals surface area (Å²) >= 11 is 0. The minimum atomic E-state index is 0. The van der Waals surface area contributed by atoms with Crippen LogP contribution in [0.1, 0.15) is 0 Å². The van der Waals surface area contributed by atoms with Gasteiger partial charge in [-0.2, -0.15) is 9.59 Å². The van der Waals surface area contributed by atoms with Gasteiger partial charge in [-0.1, -0.05) is 0 Å². The maximum absolute atomic E-state index is 8.12. The summed E-state index contributed by atoms with van der Waals surface area (Å²) in [6, 6.07) is 0. The summed E-state index contributed by atoms with van der Waals surface area (Å²) in [5, 5.41) is 0. The first-order chi connectivity index (χ1) is 1.41. The molecule has 0 amide bonds. The van der Waals surface area contributed by atoms with E-state index in [2.05, 4.69) is 0 Å². The van der Waals surface area contributed by atoms with Crippen molar-refractivity contribution in [2.75, 3.05) is 0 Å². The van der Waals surface area contributed by atoms with Crippen molar-refractivity contribution in [2.24, 2.45) is 0 Å². The fourth-order valence-corrected chi connectivity index (χ4v) is 0. The van der Waals surface area contributed by atoms with Gasteiger partial charge in [0, 0.05) is 17.1 Å². The normalized spacial score (nSPS) is 2.00. The van der Waals surface area contributed by atoms with Crippen molar-refractivity contribution < 1.29 is 26.7 Å². The van der Waals surface area contributed by atoms with E-state index in [1.54, 1.807) is 0 Å². The second-order valence-electron chi connectivity index (χ2n) is 0.0833. The minimum Gasteiger partial charge on any atom is -0.186 e. The average Bonchev–Trinajstić information content (AvgIpc) is 0.918. The Kier molecular flexibility index (Phi) is 29.4. The van der Waals surface area contributed by atoms with E-state index in [4.69, 9.17) is 9.59 Å². The van der Waals surface area contributed by atoms with Crippen LogP contribution >= 0.6 is 0 Å². The number of carbonyl (C=O) groups excluding carboxylic acids is 2. The van der Waals surface area contributed by atoms with Crippen LogP contribution in [-0.2, 0) is 26.7 Å². The predicted octanol–water partition coefficient (Wildman–Crippen LogP) is -0.586. The first kappa shape index (κ1) is 9.09. The fraction of sp³-hybridized carbons (Fsp3) is 0. The molecule has 0 aromatic rings. The van der Waals surface area contributed by atoms with Crippen LogP contribution < -0.4 is 0 Å². The molecule has 23 valence electrons. The summed E-state index contributed by atoms with van der Waals surface area (Å²) in [5.74, 6) is 0. The molecule has 0 spiro atoms. The third-order valence-corrected chi connectivity index (χ3v) is 0. The molecular formula is CMnO2. The second-order valence-corrected chi connectivity index (χ2v) is 0.0833. The molecule has 2 nitrogen and oxygen atoms in total. The molecule has 0 N–H and O–H groups in total. The summed E-state index contributed by atoms with van der Waals surface area (Å²) < 4.78 is 0. The largest absolute Gasteiger partial charge is 0.373 e. The average molecular weight is 98.9 g/mol. The Balaban J connectivity index is 0. The van der Waals surface area contributed by atoms with Gasteiger partial charge in [-0.25, -0.2) is 0 Å². The molecule has 0 fully saturated rings. The van der Waals surface area contributed by atoms with Crippen LogP contribution in [0.4, 0.5) is 0 Å². The molecule has 0 aliphatic carbocycles. The third-order valence-electron chi connectivity index (χ3n) is 0. The van der Waals surface area contributed by atoms with Gasteiger partial charge in [0.05, 0.1) is 0 Å². The van der Waals surface area contributed by atoms with Crippen LogP contribution in [0.15, 0.2) is 0 Å². The minimum absolute atomic E-state index is 0. The van der Waals surface area contributed by atoms with Crippen LogP contribution in [0.3, 0.4) is 0 Å². The maximum atomic E-state index is 8.12. The van der Waals surface area contributed by atoms with Crippen molar-refractivity contribution in [1.82, 2.24) is 0 Å². The van der Waals surface area contributed by atoms with Crippen molar-refractivity contribution in [3.63, 3.8) is 0 Å². The molecule has 0 aliphatic rings. The smallest absolute Gasteiger partial charge is 0.186 e. The van der Waals surface area contributed by atoms with Crippen molar-refractivity contribution in [1.29, 1.82) is 0 Å². The molecule has 0 saturated heterocycles. The Bertz CT molecular complexity index is 27.0. The van der Waals surface area contributed by atoms with Crippen LogP contribution in [0, 0.1) is 0 Å². The van der Waals surface area contributed by atoms with Gasteiger partial charge in [-0.05, 0) is 0 Å². The molecule has 0 bridgehead atoms. The van der Waals surface area contributed by atoms with Gasteiger partial charge in [0.2, 0.25) is 0 Å². The molecule has 0 saturated carbocycles. The van der Waals surface area contributed by atoms with E-state index in [0.717, 1.165) is 0 Å². The Morgan fingerprint density at radius 1 is 1.25 bits per heavy atom. The standard InChI is InChI=1S/CO2.Mn/c2-1-3;. The molecule has 0 aliphatic heterocycles. The van der Waals surface area contributed by atoms with Crippen molar-refractivity contribution in [2.45, 2.75) is 0 Å². The van der Waals surface area contributed by atoms with Crippen molar-refractivity contribution in [3.8, 4) is 0 Å². The fourth-order valence-electron chi connectivity index (χ4n) is 0. The van der Waals surface area contributed by atoms with E-state index in [-0.39, 0.29) is 23.2 Å². The predicted molar refractivity (Wildman–Crippen MR) is 5.01 cm³/mol. The Morgan fingerprint density at radius 2 is 1.25 bits per heavy atom. The quantitative estimate of drug-likeness (QED) is 0.380. The zero-order valence-corrected chi connectivity index (χ0v) is 2.87. The molecule has 0 atom stereocenters. The van der Waals surface area contributed by atoms with Crippen LogP contribution in [0.2, 0.25) is 0 Å². The van der Waals surface area contributed by atoms with Crippen molar-refractivity contribution >= 4 is 6.15 Å². The van der Waals surface area contributed by atoms with Gasteiger partial charge >= 0.3 is 6.15 Å². The molecule has 0 aromatic carbocycles. The van der Waals surface area contributed by atoms with Gasteiger partial charge < -0.3 is 0 Å². The van der Waals surface area contributed by atoms with Crippen LogP contribution in [-0.4, -0.2) is 6.15 Å². The maximum Gasteiger partial charge on any atom is 0.373 e. The Hall–Kier alpha value is -0.101. The molecule has 0 rings (SSSR count). The zero-order chi connectivity index (χ0) is 2.71. The van der Waals surface area contributed by atoms with Crippen LogP contribution in [0.5, 0.6) is 0 Å². The van der Waals surface area contributed by atoms with Gasteiger partial charge in [0.1, 0.15) is 0 Å². The first-order valence-corrected chi connectivity index (χ1v) is 0.408. The number of hydrogen-bond donors (Lipinski definition) is 0. The van der Waals surface area contributed by atoms with E-state index in [0.29, 0.717) is 0 Å². The molecule has 0 unspecified atom stereocenters. The zero-order valence-electron chi connectivity index (χ0n) is 1.69. The van der Waals surface area contributed by atoms with Gasteiger partial charge in [-0.3, -0.25) is 0 Å². The van der Waals surface area contributed by atoms with Gasteiger partial charge in [-0.15, -0.1) is 0 Å². The van der Waals surface area contributed by atoms with Crippen molar-refractivity contribution in [3.05, 3.63) is 0 Å². The topological polar surface area (TPSA) is 34.1 Å². The first-order valence-electron chi connectivity index (χ1n) is 0.408. The number of rotatable bonds is 0. The van der Waals surface area contributed by atoms with Gasteiger partial charge in [0.25, 0.3) is 0 Å². The van der Waals surface area contributed by atoms with E-state index in [1.807, 2.05) is 0 Å². The summed E-state index contributed by atoms with van der Waals surface area (Å²) in [7, 11) is 0. The number of hydrogen-bond acceptors (Lipinski definition) is 2. The third kappa shape index (κ3) is 152. The van der Waals surface area contributed by atoms with E-state index >= 15 is 0 Å².